The number of hydrogen-bond donors (Lipinski definition) is 1. The summed E-state index contributed by atoms with van der Waals surface area (Å²) >= 11 is 0. The molecule has 0 fully saturated rings. The maximum atomic E-state index is 10.2. The minimum atomic E-state index is -0.590. The predicted molar refractivity (Wildman–Crippen MR) is 71.6 cm³/mol. The van der Waals surface area contributed by atoms with Gasteiger partial charge in [0.2, 0.25) is 0 Å². The zero-order valence-electron chi connectivity index (χ0n) is 11.7. The molecule has 6 heteroatoms. The molecule has 0 radical (unpaired) electrons. The van der Waals surface area contributed by atoms with Gasteiger partial charge in [0.1, 0.15) is 12.2 Å². The lowest BCUT2D eigenvalue weighted by atomic mass is 10.1. The molecule has 0 aromatic carbocycles. The molecule has 0 spiro atoms. The second kappa shape index (κ2) is 5.97. The van der Waals surface area contributed by atoms with Gasteiger partial charge in [-0.15, -0.1) is 0 Å². The summed E-state index contributed by atoms with van der Waals surface area (Å²) in [6.07, 6.45) is 6.03. The highest BCUT2D eigenvalue weighted by molar-refractivity contribution is 5.10. The molecule has 2 aromatic rings. The highest BCUT2D eigenvalue weighted by Gasteiger charge is 2.16. The van der Waals surface area contributed by atoms with Gasteiger partial charge in [-0.1, -0.05) is 6.92 Å². The van der Waals surface area contributed by atoms with E-state index in [0.29, 0.717) is 6.42 Å². The Hall–Kier alpha value is -1.69. The zero-order valence-corrected chi connectivity index (χ0v) is 11.7. The van der Waals surface area contributed by atoms with Crippen LogP contribution in [-0.2, 0) is 13.0 Å². The third kappa shape index (κ3) is 3.20. The lowest BCUT2D eigenvalue weighted by Crippen LogP contribution is -2.12. The molecule has 0 saturated carbocycles. The summed E-state index contributed by atoms with van der Waals surface area (Å²) < 4.78 is 3.69. The van der Waals surface area contributed by atoms with Crippen LogP contribution in [0.15, 0.2) is 18.7 Å². The van der Waals surface area contributed by atoms with E-state index in [0.717, 1.165) is 24.4 Å². The van der Waals surface area contributed by atoms with Crippen molar-refractivity contribution in [3.63, 3.8) is 0 Å². The van der Waals surface area contributed by atoms with Gasteiger partial charge >= 0.3 is 0 Å². The number of aryl methyl sites for hydroxylation is 1. The second-order valence-electron chi connectivity index (χ2n) is 4.97. The molecular weight excluding hydrogens is 242 g/mol. The first kappa shape index (κ1) is 13.7. The normalized spacial score (nSPS) is 13.1. The fourth-order valence-electron chi connectivity index (χ4n) is 2.05. The summed E-state index contributed by atoms with van der Waals surface area (Å²) in [5, 5.41) is 18.6. The predicted octanol–water partition coefficient (Wildman–Crippen LogP) is 1.74. The van der Waals surface area contributed by atoms with Gasteiger partial charge in [0.15, 0.2) is 0 Å². The third-order valence-corrected chi connectivity index (χ3v) is 3.00. The van der Waals surface area contributed by atoms with Crippen molar-refractivity contribution in [1.29, 1.82) is 0 Å². The summed E-state index contributed by atoms with van der Waals surface area (Å²) in [6.45, 7) is 7.06. The molecule has 2 heterocycles. The fourth-order valence-corrected chi connectivity index (χ4v) is 2.05. The molecule has 6 nitrogen and oxygen atoms in total. The molecular formula is C13H21N5O. The molecule has 1 unspecified atom stereocenters. The van der Waals surface area contributed by atoms with Crippen LogP contribution >= 0.6 is 0 Å². The van der Waals surface area contributed by atoms with Gasteiger partial charge in [0, 0.05) is 30.8 Å². The highest BCUT2D eigenvalue weighted by Crippen LogP contribution is 2.18. The number of nitrogens with zero attached hydrogens (tertiary/aromatic N) is 5. The van der Waals surface area contributed by atoms with Gasteiger partial charge in [0.25, 0.3) is 0 Å². The number of aliphatic hydroxyl groups is 1. The van der Waals surface area contributed by atoms with E-state index in [2.05, 4.69) is 22.1 Å². The Kier molecular flexibility index (Phi) is 4.31. The van der Waals surface area contributed by atoms with E-state index in [1.165, 1.54) is 6.33 Å². The number of hydrogen-bond acceptors (Lipinski definition) is 4. The monoisotopic (exact) mass is 263 g/mol. The molecule has 0 saturated heterocycles. The van der Waals surface area contributed by atoms with Crippen LogP contribution in [0.2, 0.25) is 0 Å². The summed E-state index contributed by atoms with van der Waals surface area (Å²) in [4.78, 5) is 4.21. The molecule has 104 valence electrons. The fraction of sp³-hybridized carbons (Fsp3) is 0.615. The van der Waals surface area contributed by atoms with Crippen molar-refractivity contribution >= 4 is 0 Å². The maximum Gasteiger partial charge on any atom is 0.138 e. The SMILES string of the molecule is CCCn1cc(C(O)Cc2ncnn2C(C)C)cn1. The van der Waals surface area contributed by atoms with Gasteiger partial charge in [-0.05, 0) is 20.3 Å². The Morgan fingerprint density at radius 2 is 2.11 bits per heavy atom. The zero-order chi connectivity index (χ0) is 13.8. The Bertz CT molecular complexity index is 517. The van der Waals surface area contributed by atoms with Crippen LogP contribution in [0.5, 0.6) is 0 Å². The minimum absolute atomic E-state index is 0.243. The number of rotatable bonds is 6. The topological polar surface area (TPSA) is 68.8 Å². The van der Waals surface area contributed by atoms with Crippen LogP contribution in [0, 0.1) is 0 Å². The first-order chi connectivity index (χ1) is 9.11. The van der Waals surface area contributed by atoms with Crippen molar-refractivity contribution in [3.05, 3.63) is 30.1 Å². The van der Waals surface area contributed by atoms with E-state index in [1.807, 2.05) is 29.4 Å². The molecule has 19 heavy (non-hydrogen) atoms. The van der Waals surface area contributed by atoms with Gasteiger partial charge in [-0.3, -0.25) is 4.68 Å². The van der Waals surface area contributed by atoms with E-state index >= 15 is 0 Å². The molecule has 2 rings (SSSR count). The average molecular weight is 263 g/mol. The van der Waals surface area contributed by atoms with Crippen LogP contribution < -0.4 is 0 Å². The van der Waals surface area contributed by atoms with Crippen molar-refractivity contribution in [3.8, 4) is 0 Å². The van der Waals surface area contributed by atoms with E-state index in [-0.39, 0.29) is 6.04 Å². The van der Waals surface area contributed by atoms with E-state index in [1.54, 1.807) is 6.20 Å². The van der Waals surface area contributed by atoms with E-state index in [4.69, 9.17) is 0 Å². The first-order valence-corrected chi connectivity index (χ1v) is 6.70. The molecule has 0 aliphatic carbocycles. The van der Waals surface area contributed by atoms with E-state index < -0.39 is 6.10 Å². The molecule has 1 N–H and O–H groups in total. The van der Waals surface area contributed by atoms with Crippen molar-refractivity contribution in [1.82, 2.24) is 24.5 Å². The highest BCUT2D eigenvalue weighted by atomic mass is 16.3. The van der Waals surface area contributed by atoms with E-state index in [9.17, 15) is 5.11 Å². The number of aliphatic hydroxyl groups excluding tert-OH is 1. The Balaban J connectivity index is 2.07. The van der Waals surface area contributed by atoms with Crippen LogP contribution in [0.3, 0.4) is 0 Å². The summed E-state index contributed by atoms with van der Waals surface area (Å²) in [6, 6.07) is 0.243. The Morgan fingerprint density at radius 3 is 2.79 bits per heavy atom. The summed E-state index contributed by atoms with van der Waals surface area (Å²) in [5.41, 5.74) is 0.826. The quantitative estimate of drug-likeness (QED) is 0.862. The van der Waals surface area contributed by atoms with Crippen LogP contribution in [0.4, 0.5) is 0 Å². The van der Waals surface area contributed by atoms with Crippen molar-refractivity contribution in [2.24, 2.45) is 0 Å². The Labute approximate surface area is 113 Å². The Morgan fingerprint density at radius 1 is 1.32 bits per heavy atom. The summed E-state index contributed by atoms with van der Waals surface area (Å²) in [7, 11) is 0. The number of aromatic nitrogens is 5. The van der Waals surface area contributed by atoms with Crippen LogP contribution in [0.1, 0.15) is 50.7 Å². The van der Waals surface area contributed by atoms with Gasteiger partial charge < -0.3 is 5.11 Å². The maximum absolute atomic E-state index is 10.2. The van der Waals surface area contributed by atoms with Crippen LogP contribution in [0.25, 0.3) is 0 Å². The second-order valence-corrected chi connectivity index (χ2v) is 4.97. The average Bonchev–Trinajstić information content (AvgIpc) is 2.98. The molecule has 1 atom stereocenters. The summed E-state index contributed by atoms with van der Waals surface area (Å²) in [5.74, 6) is 0.797. The van der Waals surface area contributed by atoms with Crippen LogP contribution in [-0.4, -0.2) is 29.7 Å². The van der Waals surface area contributed by atoms with Gasteiger partial charge in [0.05, 0.1) is 12.3 Å². The molecule has 0 amide bonds. The largest absolute Gasteiger partial charge is 0.388 e. The minimum Gasteiger partial charge on any atom is -0.388 e. The molecule has 0 aliphatic rings. The molecule has 2 aromatic heterocycles. The first-order valence-electron chi connectivity index (χ1n) is 6.70. The molecule has 0 aliphatic heterocycles. The van der Waals surface area contributed by atoms with Crippen molar-refractivity contribution < 1.29 is 5.11 Å². The molecule has 0 bridgehead atoms. The van der Waals surface area contributed by atoms with Gasteiger partial charge in [-0.2, -0.15) is 10.2 Å². The van der Waals surface area contributed by atoms with Crippen molar-refractivity contribution in [2.75, 3.05) is 0 Å². The van der Waals surface area contributed by atoms with Crippen molar-refractivity contribution in [2.45, 2.75) is 52.3 Å². The standard InChI is InChI=1S/C13H21N5O/c1-4-5-17-8-11(7-15-17)12(19)6-13-14-9-16-18(13)10(2)3/h7-10,12,19H,4-6H2,1-3H3. The lowest BCUT2D eigenvalue weighted by molar-refractivity contribution is 0.173. The van der Waals surface area contributed by atoms with Gasteiger partial charge in [-0.25, -0.2) is 9.67 Å². The lowest BCUT2D eigenvalue weighted by Gasteiger charge is -2.12. The smallest absolute Gasteiger partial charge is 0.138 e. The third-order valence-electron chi connectivity index (χ3n) is 3.00.